The lowest BCUT2D eigenvalue weighted by atomic mass is 9.45. The molecule has 1 unspecified atom stereocenters. The predicted octanol–water partition coefficient (Wildman–Crippen LogP) is 3.13. The van der Waals surface area contributed by atoms with Gasteiger partial charge in [-0.15, -0.1) is 0 Å². The van der Waals surface area contributed by atoms with Crippen LogP contribution in [0.25, 0.3) is 0 Å². The van der Waals surface area contributed by atoms with Crippen molar-refractivity contribution in [1.82, 2.24) is 0 Å². The molecule has 1 saturated heterocycles. The lowest BCUT2D eigenvalue weighted by molar-refractivity contribution is -0.178. The summed E-state index contributed by atoms with van der Waals surface area (Å²) in [6.07, 6.45) is 5.88. The van der Waals surface area contributed by atoms with Crippen LogP contribution in [-0.2, 0) is 4.74 Å². The van der Waals surface area contributed by atoms with E-state index >= 15 is 0 Å². The molecule has 1 aliphatic heterocycles. The van der Waals surface area contributed by atoms with Crippen LogP contribution in [0.4, 0.5) is 0 Å². The Balaban J connectivity index is 2.04. The van der Waals surface area contributed by atoms with E-state index in [9.17, 15) is 5.11 Å². The van der Waals surface area contributed by atoms with E-state index < -0.39 is 5.60 Å². The molecule has 0 aromatic carbocycles. The Bertz CT molecular complexity index is 341. The van der Waals surface area contributed by atoms with Crippen molar-refractivity contribution in [3.8, 4) is 0 Å². The quantitative estimate of drug-likeness (QED) is 0.658. The van der Waals surface area contributed by atoms with Gasteiger partial charge in [0.05, 0.1) is 12.2 Å². The van der Waals surface area contributed by atoms with Crippen molar-refractivity contribution in [2.24, 2.45) is 16.7 Å². The van der Waals surface area contributed by atoms with E-state index in [1.54, 1.807) is 0 Å². The highest BCUT2D eigenvalue weighted by molar-refractivity contribution is 5.22. The second-order valence-electron chi connectivity index (χ2n) is 7.74. The van der Waals surface area contributed by atoms with Gasteiger partial charge in [-0.2, -0.15) is 0 Å². The molecule has 2 saturated carbocycles. The molecule has 3 fully saturated rings. The fraction of sp³-hybridized carbons (Fsp3) is 1.00. The van der Waals surface area contributed by atoms with Gasteiger partial charge in [-0.25, -0.2) is 0 Å². The number of hydrogen-bond acceptors (Lipinski definition) is 2. The van der Waals surface area contributed by atoms with Crippen LogP contribution in [0.2, 0.25) is 0 Å². The van der Waals surface area contributed by atoms with Gasteiger partial charge in [-0.3, -0.25) is 0 Å². The molecule has 0 aromatic heterocycles. The maximum Gasteiger partial charge on any atom is 0.125 e. The van der Waals surface area contributed by atoms with Crippen molar-refractivity contribution in [3.05, 3.63) is 0 Å². The summed E-state index contributed by atoms with van der Waals surface area (Å²) >= 11 is 0. The molecule has 1 heterocycles. The molecular formula is C15H26O2. The molecule has 2 nitrogen and oxygen atoms in total. The highest BCUT2D eigenvalue weighted by Gasteiger charge is 2.74. The van der Waals surface area contributed by atoms with Gasteiger partial charge in [0, 0.05) is 5.41 Å². The first-order valence-corrected chi connectivity index (χ1v) is 7.12. The van der Waals surface area contributed by atoms with E-state index in [0.29, 0.717) is 11.3 Å². The lowest BCUT2D eigenvalue weighted by Crippen LogP contribution is -2.63. The third kappa shape index (κ3) is 1.29. The average molecular weight is 238 g/mol. The van der Waals surface area contributed by atoms with Gasteiger partial charge in [0.15, 0.2) is 0 Å². The summed E-state index contributed by atoms with van der Waals surface area (Å²) < 4.78 is 5.87. The van der Waals surface area contributed by atoms with Crippen molar-refractivity contribution < 1.29 is 9.84 Å². The van der Waals surface area contributed by atoms with Gasteiger partial charge in [0.1, 0.15) is 5.60 Å². The van der Waals surface area contributed by atoms with Crippen molar-refractivity contribution >= 4 is 0 Å². The Hall–Kier alpha value is -0.0800. The van der Waals surface area contributed by atoms with Crippen molar-refractivity contribution in [2.45, 2.75) is 71.0 Å². The van der Waals surface area contributed by atoms with Crippen LogP contribution in [0.3, 0.4) is 0 Å². The maximum absolute atomic E-state index is 10.7. The molecule has 3 rings (SSSR count). The standard InChI is InChI=1S/C15H26O2/c1-12(2)7-5-8-13(3)11(12)6-9-14(4,16)15(13)10-17-15/h11,16H,5-10H2,1-4H3/t11?,13-,14+,15-/m0/s1. The monoisotopic (exact) mass is 238 g/mol. The zero-order valence-electron chi connectivity index (χ0n) is 11.7. The van der Waals surface area contributed by atoms with Crippen LogP contribution in [-0.4, -0.2) is 22.9 Å². The van der Waals surface area contributed by atoms with Gasteiger partial charge in [0.2, 0.25) is 0 Å². The summed E-state index contributed by atoms with van der Waals surface area (Å²) in [5, 5.41) is 10.7. The number of epoxide rings is 1. The Labute approximate surface area is 105 Å². The van der Waals surface area contributed by atoms with E-state index in [1.807, 2.05) is 6.92 Å². The number of rotatable bonds is 0. The largest absolute Gasteiger partial charge is 0.387 e. The SMILES string of the molecule is CC1(C)CCC[C@@]2(C)C1CC[C@@](C)(O)[C@]21CO1. The molecule has 0 radical (unpaired) electrons. The number of fused-ring (bicyclic) bond motifs is 2. The Morgan fingerprint density at radius 1 is 1.06 bits per heavy atom. The molecule has 4 atom stereocenters. The number of ether oxygens (including phenoxy) is 1. The summed E-state index contributed by atoms with van der Waals surface area (Å²) in [4.78, 5) is 0. The van der Waals surface area contributed by atoms with Gasteiger partial charge in [-0.05, 0) is 43.9 Å². The summed E-state index contributed by atoms with van der Waals surface area (Å²) in [5.74, 6) is 0.700. The summed E-state index contributed by atoms with van der Waals surface area (Å²) in [5.41, 5.74) is -0.273. The molecule has 3 aliphatic rings. The van der Waals surface area contributed by atoms with E-state index in [-0.39, 0.29) is 11.0 Å². The van der Waals surface area contributed by atoms with Crippen LogP contribution < -0.4 is 0 Å². The predicted molar refractivity (Wildman–Crippen MR) is 67.8 cm³/mol. The van der Waals surface area contributed by atoms with Crippen molar-refractivity contribution in [2.75, 3.05) is 6.61 Å². The third-order valence-electron chi connectivity index (χ3n) is 6.38. The number of aliphatic hydroxyl groups is 1. The molecule has 0 amide bonds. The van der Waals surface area contributed by atoms with E-state index in [4.69, 9.17) is 4.74 Å². The molecular weight excluding hydrogens is 212 g/mol. The van der Waals surface area contributed by atoms with Crippen LogP contribution >= 0.6 is 0 Å². The normalized spacial score (nSPS) is 56.6. The zero-order valence-corrected chi connectivity index (χ0v) is 11.7. The van der Waals surface area contributed by atoms with Crippen LogP contribution in [0, 0.1) is 16.7 Å². The molecule has 1 N–H and O–H groups in total. The first-order chi connectivity index (χ1) is 7.75. The minimum absolute atomic E-state index is 0.177. The van der Waals surface area contributed by atoms with Crippen LogP contribution in [0.1, 0.15) is 59.8 Å². The van der Waals surface area contributed by atoms with Crippen LogP contribution in [0.15, 0.2) is 0 Å². The molecule has 1 spiro atoms. The van der Waals surface area contributed by atoms with E-state index in [1.165, 1.54) is 19.3 Å². The van der Waals surface area contributed by atoms with Crippen molar-refractivity contribution in [3.63, 3.8) is 0 Å². The zero-order chi connectivity index (χ0) is 12.5. The maximum atomic E-state index is 10.7. The minimum atomic E-state index is -0.619. The molecule has 2 heteroatoms. The first-order valence-electron chi connectivity index (χ1n) is 7.12. The van der Waals surface area contributed by atoms with Gasteiger partial charge in [-0.1, -0.05) is 27.2 Å². The average Bonchev–Trinajstić information content (AvgIpc) is 2.94. The molecule has 0 bridgehead atoms. The summed E-state index contributed by atoms with van der Waals surface area (Å²) in [6, 6.07) is 0. The highest BCUT2D eigenvalue weighted by atomic mass is 16.6. The fourth-order valence-electron chi connectivity index (χ4n) is 5.27. The molecule has 2 aliphatic carbocycles. The van der Waals surface area contributed by atoms with Crippen LogP contribution in [0.5, 0.6) is 0 Å². The first kappa shape index (κ1) is 12.0. The molecule has 0 aromatic rings. The smallest absolute Gasteiger partial charge is 0.125 e. The Kier molecular flexibility index (Phi) is 2.17. The Morgan fingerprint density at radius 2 is 1.71 bits per heavy atom. The lowest BCUT2D eigenvalue weighted by Gasteiger charge is -2.60. The highest BCUT2D eigenvalue weighted by Crippen LogP contribution is 2.68. The number of hydrogen-bond donors (Lipinski definition) is 1. The van der Waals surface area contributed by atoms with Crippen molar-refractivity contribution in [1.29, 1.82) is 0 Å². The van der Waals surface area contributed by atoms with Gasteiger partial charge < -0.3 is 9.84 Å². The van der Waals surface area contributed by atoms with Gasteiger partial charge in [0.25, 0.3) is 0 Å². The Morgan fingerprint density at radius 3 is 2.29 bits per heavy atom. The molecule has 98 valence electrons. The van der Waals surface area contributed by atoms with Gasteiger partial charge >= 0.3 is 0 Å². The minimum Gasteiger partial charge on any atom is -0.387 e. The fourth-order valence-corrected chi connectivity index (χ4v) is 5.27. The summed E-state index contributed by atoms with van der Waals surface area (Å²) in [6.45, 7) is 9.95. The van der Waals surface area contributed by atoms with E-state index in [2.05, 4.69) is 20.8 Å². The molecule has 17 heavy (non-hydrogen) atoms. The summed E-state index contributed by atoms with van der Waals surface area (Å²) in [7, 11) is 0. The second-order valence-corrected chi connectivity index (χ2v) is 7.74. The second kappa shape index (κ2) is 3.08. The topological polar surface area (TPSA) is 32.8 Å². The van der Waals surface area contributed by atoms with E-state index in [0.717, 1.165) is 19.4 Å². The third-order valence-corrected chi connectivity index (χ3v) is 6.38.